The molecule has 0 aromatic heterocycles. The van der Waals surface area contributed by atoms with Crippen molar-refractivity contribution in [3.8, 4) is 11.8 Å². The first-order valence-electron chi connectivity index (χ1n) is 10.8. The summed E-state index contributed by atoms with van der Waals surface area (Å²) in [6.45, 7) is -0.320. The lowest BCUT2D eigenvalue weighted by Gasteiger charge is -2.22. The zero-order valence-electron chi connectivity index (χ0n) is 18.7. The van der Waals surface area contributed by atoms with Gasteiger partial charge < -0.3 is 15.7 Å². The molecule has 0 radical (unpaired) electrons. The number of nitrogens with zero attached hydrogens (tertiary/aromatic N) is 2. The fourth-order valence-electron chi connectivity index (χ4n) is 3.74. The predicted molar refractivity (Wildman–Crippen MR) is 132 cm³/mol. The van der Waals surface area contributed by atoms with E-state index in [4.69, 9.17) is 16.2 Å². The number of aliphatic carboxylic acids is 1. The second kappa shape index (κ2) is 9.93. The number of nitrogen functional groups attached to an aromatic ring is 1. The number of benzene rings is 3. The van der Waals surface area contributed by atoms with Crippen LogP contribution in [0.2, 0.25) is 0 Å². The Bertz CT molecular complexity index is 1370. The molecule has 3 aromatic rings. The highest BCUT2D eigenvalue weighted by Gasteiger charge is 2.32. The van der Waals surface area contributed by atoms with Crippen LogP contribution in [0.1, 0.15) is 33.5 Å². The van der Waals surface area contributed by atoms with Crippen LogP contribution in [0.15, 0.2) is 72.8 Å². The van der Waals surface area contributed by atoms with Gasteiger partial charge in [-0.3, -0.25) is 24.7 Å². The summed E-state index contributed by atoms with van der Waals surface area (Å²) in [5.74, 6) is 4.21. The monoisotopic (exact) mass is 466 g/mol. The molecule has 2 amide bonds. The average Bonchev–Trinajstić information content (AvgIpc) is 2.96. The lowest BCUT2D eigenvalue weighted by Crippen LogP contribution is -2.38. The Labute approximate surface area is 202 Å². The molecule has 1 aliphatic heterocycles. The number of amides is 2. The van der Waals surface area contributed by atoms with E-state index in [9.17, 15) is 14.4 Å². The van der Waals surface area contributed by atoms with E-state index < -0.39 is 11.9 Å². The molecule has 4 rings (SSSR count). The number of nitrogens with two attached hydrogens (primary N) is 1. The molecule has 0 spiro atoms. The summed E-state index contributed by atoms with van der Waals surface area (Å²) in [6.07, 6.45) is -0.268. The van der Waals surface area contributed by atoms with E-state index in [1.165, 1.54) is 9.80 Å². The van der Waals surface area contributed by atoms with Crippen molar-refractivity contribution in [3.05, 3.63) is 95.1 Å². The number of para-hydroxylation sites is 1. The van der Waals surface area contributed by atoms with Crippen LogP contribution in [-0.2, 0) is 9.59 Å². The van der Waals surface area contributed by atoms with E-state index in [1.54, 1.807) is 66.7 Å². The molecule has 1 aliphatic rings. The Morgan fingerprint density at radius 3 is 2.29 bits per heavy atom. The third-order valence-electron chi connectivity index (χ3n) is 5.49. The van der Waals surface area contributed by atoms with E-state index >= 15 is 0 Å². The fraction of sp³-hybridized carbons (Fsp3) is 0.111. The van der Waals surface area contributed by atoms with Gasteiger partial charge in [-0.25, -0.2) is 0 Å². The quantitative estimate of drug-likeness (QED) is 0.303. The number of carbonyl (C=O) groups excluding carboxylic acids is 2. The van der Waals surface area contributed by atoms with Crippen LogP contribution in [-0.4, -0.2) is 46.7 Å². The van der Waals surface area contributed by atoms with Crippen molar-refractivity contribution in [1.29, 1.82) is 5.41 Å². The number of anilines is 2. The van der Waals surface area contributed by atoms with Gasteiger partial charge in [-0.05, 0) is 42.5 Å². The summed E-state index contributed by atoms with van der Waals surface area (Å²) >= 11 is 0. The number of carbonyl (C=O) groups is 3. The van der Waals surface area contributed by atoms with Gasteiger partial charge >= 0.3 is 5.97 Å². The normalized spacial score (nSPS) is 12.9. The summed E-state index contributed by atoms with van der Waals surface area (Å²) in [7, 11) is 0. The molecule has 0 saturated carbocycles. The Morgan fingerprint density at radius 2 is 1.63 bits per heavy atom. The van der Waals surface area contributed by atoms with Crippen LogP contribution in [0.4, 0.5) is 11.4 Å². The predicted octanol–water partition coefficient (Wildman–Crippen LogP) is 2.97. The van der Waals surface area contributed by atoms with Crippen LogP contribution < -0.4 is 10.6 Å². The molecule has 8 heteroatoms. The number of rotatable bonds is 5. The van der Waals surface area contributed by atoms with Gasteiger partial charge in [0, 0.05) is 28.9 Å². The van der Waals surface area contributed by atoms with Gasteiger partial charge in [0.25, 0.3) is 11.8 Å². The third-order valence-corrected chi connectivity index (χ3v) is 5.49. The maximum atomic E-state index is 13.4. The summed E-state index contributed by atoms with van der Waals surface area (Å²) in [4.78, 5) is 40.4. The molecule has 8 nitrogen and oxygen atoms in total. The number of nitrogens with one attached hydrogen (secondary N) is 1. The van der Waals surface area contributed by atoms with Crippen LogP contribution >= 0.6 is 0 Å². The molecule has 3 aromatic carbocycles. The zero-order chi connectivity index (χ0) is 24.9. The highest BCUT2D eigenvalue weighted by Crippen LogP contribution is 2.33. The minimum absolute atomic E-state index is 0.0289. The molecule has 35 heavy (non-hydrogen) atoms. The van der Waals surface area contributed by atoms with Crippen molar-refractivity contribution in [1.82, 2.24) is 4.90 Å². The van der Waals surface area contributed by atoms with E-state index in [2.05, 4.69) is 11.8 Å². The molecule has 0 aliphatic carbocycles. The van der Waals surface area contributed by atoms with E-state index in [1.807, 2.05) is 6.07 Å². The Balaban J connectivity index is 1.74. The zero-order valence-corrected chi connectivity index (χ0v) is 18.7. The largest absolute Gasteiger partial charge is 0.481 e. The standard InChI is InChI=1S/C27H22N4O4/c28-26(29)20-11-8-18(9-12-20)6-7-19-10-13-23-22(16-19)27(35)30(15-14-25(33)34)17-24(32)31(23)21-4-2-1-3-5-21/h1-5,8-13,16H,14-15,17H2,(H3,28,29)(H,33,34). The molecular formula is C27H22N4O4. The lowest BCUT2D eigenvalue weighted by molar-refractivity contribution is -0.137. The summed E-state index contributed by atoms with van der Waals surface area (Å²) in [5.41, 5.74) is 8.64. The first-order chi connectivity index (χ1) is 16.8. The molecule has 0 atom stereocenters. The Kier molecular flexibility index (Phi) is 6.60. The SMILES string of the molecule is N=C(N)c1ccc(C#Cc2ccc3c(c2)C(=O)N(CCC(=O)O)CC(=O)N3c2ccccc2)cc1. The van der Waals surface area contributed by atoms with E-state index in [-0.39, 0.29) is 36.8 Å². The number of amidine groups is 1. The topological polar surface area (TPSA) is 128 Å². The number of carboxylic acid groups (broad SMARTS) is 1. The molecule has 4 N–H and O–H groups in total. The van der Waals surface area contributed by atoms with Gasteiger partial charge in [0.15, 0.2) is 0 Å². The van der Waals surface area contributed by atoms with Crippen molar-refractivity contribution in [3.63, 3.8) is 0 Å². The fourth-order valence-corrected chi connectivity index (χ4v) is 3.74. The van der Waals surface area contributed by atoms with Gasteiger partial charge in [0.2, 0.25) is 0 Å². The molecule has 1 heterocycles. The highest BCUT2D eigenvalue weighted by molar-refractivity contribution is 6.13. The molecule has 0 fully saturated rings. The number of carboxylic acids is 1. The van der Waals surface area contributed by atoms with Crippen molar-refractivity contribution in [2.45, 2.75) is 6.42 Å². The van der Waals surface area contributed by atoms with Crippen LogP contribution in [0.25, 0.3) is 0 Å². The number of hydrogen-bond acceptors (Lipinski definition) is 4. The Morgan fingerprint density at radius 1 is 0.971 bits per heavy atom. The number of fused-ring (bicyclic) bond motifs is 1. The molecule has 174 valence electrons. The maximum absolute atomic E-state index is 13.4. The first-order valence-corrected chi connectivity index (χ1v) is 10.8. The molecule has 0 saturated heterocycles. The molecule has 0 unspecified atom stereocenters. The first kappa shape index (κ1) is 23.3. The molecular weight excluding hydrogens is 444 g/mol. The lowest BCUT2D eigenvalue weighted by atomic mass is 10.1. The van der Waals surface area contributed by atoms with E-state index in [0.29, 0.717) is 28.1 Å². The summed E-state index contributed by atoms with van der Waals surface area (Å²) < 4.78 is 0. The minimum Gasteiger partial charge on any atom is -0.481 e. The summed E-state index contributed by atoms with van der Waals surface area (Å²) in [5, 5.41) is 16.6. The van der Waals surface area contributed by atoms with Crippen molar-refractivity contribution in [2.75, 3.05) is 18.0 Å². The van der Waals surface area contributed by atoms with Gasteiger partial charge in [-0.15, -0.1) is 0 Å². The third kappa shape index (κ3) is 5.20. The van der Waals surface area contributed by atoms with E-state index in [0.717, 1.165) is 0 Å². The second-order valence-corrected chi connectivity index (χ2v) is 7.91. The Hall–Kier alpha value is -4.90. The van der Waals surface area contributed by atoms with Crippen molar-refractivity contribution in [2.24, 2.45) is 5.73 Å². The smallest absolute Gasteiger partial charge is 0.305 e. The van der Waals surface area contributed by atoms with Gasteiger partial charge in [0.05, 0.1) is 17.7 Å². The second-order valence-electron chi connectivity index (χ2n) is 7.91. The van der Waals surface area contributed by atoms with Crippen molar-refractivity contribution < 1.29 is 19.5 Å². The van der Waals surface area contributed by atoms with Gasteiger partial charge in [0.1, 0.15) is 12.4 Å². The van der Waals surface area contributed by atoms with Crippen LogP contribution in [0.3, 0.4) is 0 Å². The number of hydrogen-bond donors (Lipinski definition) is 3. The van der Waals surface area contributed by atoms with Crippen LogP contribution in [0.5, 0.6) is 0 Å². The van der Waals surface area contributed by atoms with Crippen molar-refractivity contribution >= 4 is 35.0 Å². The molecule has 0 bridgehead atoms. The maximum Gasteiger partial charge on any atom is 0.305 e. The highest BCUT2D eigenvalue weighted by atomic mass is 16.4. The minimum atomic E-state index is -1.05. The van der Waals surface area contributed by atoms with Gasteiger partial charge in [-0.1, -0.05) is 42.2 Å². The van der Waals surface area contributed by atoms with Crippen LogP contribution in [0, 0.1) is 17.3 Å². The van der Waals surface area contributed by atoms with Gasteiger partial charge in [-0.2, -0.15) is 0 Å². The summed E-state index contributed by atoms with van der Waals surface area (Å²) in [6, 6.07) is 20.9. The average molecular weight is 466 g/mol.